The highest BCUT2D eigenvalue weighted by atomic mass is 32.2. The van der Waals surface area contributed by atoms with Gasteiger partial charge in [-0.15, -0.1) is 0 Å². The van der Waals surface area contributed by atoms with Crippen LogP contribution in [0, 0.1) is 52.3 Å². The largest absolute Gasteiger partial charge is 0.393 e. The van der Waals surface area contributed by atoms with Gasteiger partial charge in [-0.1, -0.05) is 34.0 Å². The first kappa shape index (κ1) is 21.3. The summed E-state index contributed by atoms with van der Waals surface area (Å²) in [4.78, 5) is 12.2. The molecular formula is C27H47NO6S. The summed E-state index contributed by atoms with van der Waals surface area (Å²) in [5.41, 5.74) is -0.538. The maximum absolute atomic E-state index is 12.2. The molecule has 0 heterocycles. The van der Waals surface area contributed by atoms with Gasteiger partial charge < -0.3 is 15.5 Å². The molecule has 4 rings (SSSR count). The molecule has 202 valence electrons. The van der Waals surface area contributed by atoms with Crippen LogP contribution >= 0.6 is 0 Å². The van der Waals surface area contributed by atoms with E-state index in [0.29, 0.717) is 25.7 Å². The molecule has 4 aliphatic rings. The standard InChI is InChI=1S/C27H47NO6S/c1-5-18-22-14-17(29)10-12-27(22,4)21-11-13-26(3)19(7-8-20(26)24(21)25(18)31)16(2)6-9-23(30)28-15-35(32,33)34/h16-22,24-25,29,31H,5-15H2,1-4H3,(H,28,30)(H,32,33,34)/t16-,17?,18-,19-,20+,21+,22+,24+,25-,26-,27-/m1/s1/i1D3,5D2. The molecule has 1 unspecified atom stereocenters. The van der Waals surface area contributed by atoms with Crippen LogP contribution in [-0.2, 0) is 14.9 Å². The number of hydrogen-bond donors (Lipinski definition) is 4. The van der Waals surface area contributed by atoms with E-state index in [-0.39, 0.29) is 46.8 Å². The molecule has 0 bridgehead atoms. The Morgan fingerprint density at radius 2 is 1.80 bits per heavy atom. The van der Waals surface area contributed by atoms with Crippen LogP contribution in [0.4, 0.5) is 0 Å². The first-order valence-corrected chi connectivity index (χ1v) is 14.9. The van der Waals surface area contributed by atoms with E-state index in [1.54, 1.807) is 0 Å². The topological polar surface area (TPSA) is 124 Å². The number of nitrogens with one attached hydrogen (secondary N) is 1. The van der Waals surface area contributed by atoms with Crippen molar-refractivity contribution < 1.29 is 34.8 Å². The molecule has 0 aromatic heterocycles. The lowest BCUT2D eigenvalue weighted by molar-refractivity contribution is -0.203. The molecule has 4 N–H and O–H groups in total. The number of aliphatic hydroxyl groups is 2. The van der Waals surface area contributed by atoms with Crippen LogP contribution in [0.25, 0.3) is 0 Å². The second-order valence-electron chi connectivity index (χ2n) is 12.6. The normalized spacial score (nSPS) is 49.1. The Morgan fingerprint density at radius 1 is 1.11 bits per heavy atom. The lowest BCUT2D eigenvalue weighted by atomic mass is 9.41. The number of fused-ring (bicyclic) bond motifs is 5. The van der Waals surface area contributed by atoms with Crippen molar-refractivity contribution in [3.05, 3.63) is 0 Å². The summed E-state index contributed by atoms with van der Waals surface area (Å²) >= 11 is 0. The quantitative estimate of drug-likeness (QED) is 0.378. The van der Waals surface area contributed by atoms with Gasteiger partial charge in [0.05, 0.1) is 12.2 Å². The van der Waals surface area contributed by atoms with Crippen molar-refractivity contribution in [2.45, 2.75) is 104 Å². The molecule has 4 saturated carbocycles. The van der Waals surface area contributed by atoms with Gasteiger partial charge in [-0.2, -0.15) is 8.42 Å². The summed E-state index contributed by atoms with van der Waals surface area (Å²) in [7, 11) is -4.29. The second-order valence-corrected chi connectivity index (χ2v) is 14.0. The highest BCUT2D eigenvalue weighted by Crippen LogP contribution is 2.69. The maximum atomic E-state index is 12.2. The molecule has 8 heteroatoms. The van der Waals surface area contributed by atoms with Crippen molar-refractivity contribution in [3.63, 3.8) is 0 Å². The SMILES string of the molecule is [2H]C([2H])([2H])C([2H])([2H])[C@H]1[C@@H](O)[C@@H]2[C@H](CC[C@]3(C)[C@@H]([C@H](C)CCC(=O)NCS(=O)(=O)O)CC[C@@H]23)[C@@]2(C)CCC(O)C[C@@H]12. The number of amides is 1. The van der Waals surface area contributed by atoms with Crippen molar-refractivity contribution in [3.8, 4) is 0 Å². The highest BCUT2D eigenvalue weighted by molar-refractivity contribution is 7.85. The van der Waals surface area contributed by atoms with Crippen LogP contribution in [0.15, 0.2) is 0 Å². The van der Waals surface area contributed by atoms with Gasteiger partial charge in [0.25, 0.3) is 10.1 Å². The fourth-order valence-electron chi connectivity index (χ4n) is 9.26. The first-order valence-electron chi connectivity index (χ1n) is 15.8. The third-order valence-corrected chi connectivity index (χ3v) is 11.5. The number of hydrogen-bond acceptors (Lipinski definition) is 5. The van der Waals surface area contributed by atoms with E-state index in [0.717, 1.165) is 25.7 Å². The molecule has 0 saturated heterocycles. The summed E-state index contributed by atoms with van der Waals surface area (Å²) in [5, 5.41) is 24.8. The van der Waals surface area contributed by atoms with Gasteiger partial charge in [-0.05, 0) is 104 Å². The lowest BCUT2D eigenvalue weighted by Crippen LogP contribution is -2.62. The van der Waals surface area contributed by atoms with E-state index in [4.69, 9.17) is 11.4 Å². The Balaban J connectivity index is 1.59. The Labute approximate surface area is 218 Å². The molecule has 4 aliphatic carbocycles. The molecular weight excluding hydrogens is 466 g/mol. The number of carbonyl (C=O) groups excluding carboxylic acids is 1. The van der Waals surface area contributed by atoms with Gasteiger partial charge in [0.1, 0.15) is 5.88 Å². The number of rotatable bonds is 7. The second kappa shape index (κ2) is 9.88. The Morgan fingerprint density at radius 3 is 2.49 bits per heavy atom. The van der Waals surface area contributed by atoms with Gasteiger partial charge >= 0.3 is 0 Å². The molecule has 11 atom stereocenters. The van der Waals surface area contributed by atoms with E-state index in [1.807, 2.05) is 0 Å². The van der Waals surface area contributed by atoms with Crippen molar-refractivity contribution >= 4 is 16.0 Å². The number of aliphatic hydroxyl groups excluding tert-OH is 2. The van der Waals surface area contributed by atoms with Crippen LogP contribution in [0.5, 0.6) is 0 Å². The lowest BCUT2D eigenvalue weighted by Gasteiger charge is -2.64. The van der Waals surface area contributed by atoms with Crippen LogP contribution < -0.4 is 5.32 Å². The predicted molar refractivity (Wildman–Crippen MR) is 135 cm³/mol. The Hall–Kier alpha value is -0.700. The monoisotopic (exact) mass is 518 g/mol. The third kappa shape index (κ3) is 4.94. The first-order chi connectivity index (χ1) is 18.2. The fourth-order valence-corrected chi connectivity index (χ4v) is 9.60. The maximum Gasteiger partial charge on any atom is 0.283 e. The molecule has 1 amide bonds. The average molecular weight is 519 g/mol. The molecule has 35 heavy (non-hydrogen) atoms. The van der Waals surface area contributed by atoms with E-state index in [9.17, 15) is 23.4 Å². The van der Waals surface area contributed by atoms with Crippen LogP contribution in [0.1, 0.15) is 98.6 Å². The van der Waals surface area contributed by atoms with Crippen LogP contribution in [0.3, 0.4) is 0 Å². The minimum atomic E-state index is -4.29. The summed E-state index contributed by atoms with van der Waals surface area (Å²) in [6.45, 7) is 3.56. The predicted octanol–water partition coefficient (Wildman–Crippen LogP) is 3.99. The van der Waals surface area contributed by atoms with Gasteiger partial charge in [0.2, 0.25) is 5.91 Å². The van der Waals surface area contributed by atoms with Crippen molar-refractivity contribution in [1.82, 2.24) is 5.32 Å². The summed E-state index contributed by atoms with van der Waals surface area (Å²) in [6.07, 6.45) is 1.40. The van der Waals surface area contributed by atoms with E-state index < -0.39 is 59.2 Å². The van der Waals surface area contributed by atoms with Gasteiger partial charge in [0, 0.05) is 13.3 Å². The molecule has 0 spiro atoms. The zero-order valence-electron chi connectivity index (χ0n) is 26.2. The van der Waals surface area contributed by atoms with Crippen LogP contribution in [-0.4, -0.2) is 47.2 Å². The van der Waals surface area contributed by atoms with Gasteiger partial charge in [0.15, 0.2) is 0 Å². The molecule has 0 radical (unpaired) electrons. The number of carbonyl (C=O) groups is 1. The van der Waals surface area contributed by atoms with Crippen molar-refractivity contribution in [2.75, 3.05) is 5.88 Å². The molecule has 0 aliphatic heterocycles. The van der Waals surface area contributed by atoms with Crippen molar-refractivity contribution in [2.24, 2.45) is 52.3 Å². The van der Waals surface area contributed by atoms with Gasteiger partial charge in [-0.25, -0.2) is 0 Å². The summed E-state index contributed by atoms with van der Waals surface area (Å²) < 4.78 is 72.4. The van der Waals surface area contributed by atoms with Crippen molar-refractivity contribution in [1.29, 1.82) is 0 Å². The third-order valence-electron chi connectivity index (χ3n) is 11.0. The van der Waals surface area contributed by atoms with E-state index >= 15 is 0 Å². The molecule has 4 fully saturated rings. The molecule has 7 nitrogen and oxygen atoms in total. The van der Waals surface area contributed by atoms with Gasteiger partial charge in [-0.3, -0.25) is 9.35 Å². The van der Waals surface area contributed by atoms with Crippen LogP contribution in [0.2, 0.25) is 0 Å². The highest BCUT2D eigenvalue weighted by Gasteiger charge is 2.64. The minimum Gasteiger partial charge on any atom is -0.393 e. The summed E-state index contributed by atoms with van der Waals surface area (Å²) in [6, 6.07) is 0. The average Bonchev–Trinajstić information content (AvgIpc) is 3.18. The Bertz CT molecular complexity index is 1070. The molecule has 0 aromatic rings. The van der Waals surface area contributed by atoms with E-state index in [1.165, 1.54) is 0 Å². The zero-order valence-corrected chi connectivity index (χ0v) is 22.1. The fraction of sp³-hybridized carbons (Fsp3) is 0.963. The zero-order chi connectivity index (χ0) is 30.1. The Kier molecular flexibility index (Phi) is 6.00. The smallest absolute Gasteiger partial charge is 0.283 e. The van der Waals surface area contributed by atoms with E-state index in [2.05, 4.69) is 26.1 Å². The summed E-state index contributed by atoms with van der Waals surface area (Å²) in [5.74, 6) is -2.44. The minimum absolute atomic E-state index is 0.0848. The molecule has 0 aromatic carbocycles.